The lowest BCUT2D eigenvalue weighted by atomic mass is 10.1. The highest BCUT2D eigenvalue weighted by Gasteiger charge is 2.22. The van der Waals surface area contributed by atoms with Gasteiger partial charge in [-0.1, -0.05) is 12.1 Å². The first kappa shape index (κ1) is 15.5. The maximum absolute atomic E-state index is 12.1. The van der Waals surface area contributed by atoms with Crippen LogP contribution in [-0.4, -0.2) is 44.8 Å². The molecule has 2 atom stereocenters. The van der Waals surface area contributed by atoms with E-state index in [-0.39, 0.29) is 24.0 Å². The van der Waals surface area contributed by atoms with Gasteiger partial charge in [-0.15, -0.1) is 0 Å². The SMILES string of the molecule is COC(=O)c1ccc(C(C)NC(=O)[C@H]2COCCN2)cc1. The molecule has 2 rings (SSSR count). The minimum atomic E-state index is -0.373. The molecular formula is C15H20N2O4. The van der Waals surface area contributed by atoms with Crippen LogP contribution in [0.3, 0.4) is 0 Å². The molecule has 0 radical (unpaired) electrons. The van der Waals surface area contributed by atoms with Crippen molar-refractivity contribution in [1.29, 1.82) is 0 Å². The van der Waals surface area contributed by atoms with Crippen LogP contribution in [0.1, 0.15) is 28.9 Å². The molecule has 1 unspecified atom stereocenters. The minimum Gasteiger partial charge on any atom is -0.465 e. The molecule has 6 nitrogen and oxygen atoms in total. The molecular weight excluding hydrogens is 272 g/mol. The van der Waals surface area contributed by atoms with Crippen molar-refractivity contribution in [1.82, 2.24) is 10.6 Å². The molecule has 1 aliphatic heterocycles. The highest BCUT2D eigenvalue weighted by atomic mass is 16.5. The average Bonchev–Trinajstić information content (AvgIpc) is 2.55. The summed E-state index contributed by atoms with van der Waals surface area (Å²) in [7, 11) is 1.35. The van der Waals surface area contributed by atoms with Crippen LogP contribution < -0.4 is 10.6 Å². The summed E-state index contributed by atoms with van der Waals surface area (Å²) in [5, 5.41) is 6.04. The van der Waals surface area contributed by atoms with E-state index in [1.807, 2.05) is 19.1 Å². The Balaban J connectivity index is 1.94. The largest absolute Gasteiger partial charge is 0.465 e. The van der Waals surface area contributed by atoms with E-state index in [1.54, 1.807) is 12.1 Å². The predicted molar refractivity (Wildman–Crippen MR) is 76.9 cm³/mol. The zero-order chi connectivity index (χ0) is 15.2. The molecule has 6 heteroatoms. The van der Waals surface area contributed by atoms with Gasteiger partial charge >= 0.3 is 5.97 Å². The van der Waals surface area contributed by atoms with Crippen molar-refractivity contribution in [3.63, 3.8) is 0 Å². The Bertz CT molecular complexity index is 495. The summed E-state index contributed by atoms with van der Waals surface area (Å²) in [6.07, 6.45) is 0. The summed E-state index contributed by atoms with van der Waals surface area (Å²) >= 11 is 0. The Kier molecular flexibility index (Phi) is 5.30. The van der Waals surface area contributed by atoms with E-state index in [1.165, 1.54) is 7.11 Å². The zero-order valence-corrected chi connectivity index (χ0v) is 12.2. The monoisotopic (exact) mass is 292 g/mol. The van der Waals surface area contributed by atoms with Gasteiger partial charge < -0.3 is 20.1 Å². The number of hydrogen-bond acceptors (Lipinski definition) is 5. The standard InChI is InChI=1S/C15H20N2O4/c1-10(17-14(18)13-9-21-8-7-16-13)11-3-5-12(6-4-11)15(19)20-2/h3-6,10,13,16H,7-9H2,1-2H3,(H,17,18)/t10?,13-/m1/s1. The summed E-state index contributed by atoms with van der Waals surface area (Å²) in [5.74, 6) is -0.457. The first-order valence-electron chi connectivity index (χ1n) is 6.91. The lowest BCUT2D eigenvalue weighted by Gasteiger charge is -2.25. The predicted octanol–water partition coefficient (Wildman–Crippen LogP) is 0.639. The highest BCUT2D eigenvalue weighted by molar-refractivity contribution is 5.89. The van der Waals surface area contributed by atoms with Gasteiger partial charge in [0.05, 0.1) is 31.9 Å². The second kappa shape index (κ2) is 7.19. The molecule has 1 saturated heterocycles. The van der Waals surface area contributed by atoms with Gasteiger partial charge in [0.25, 0.3) is 0 Å². The van der Waals surface area contributed by atoms with Crippen LogP contribution in [0.15, 0.2) is 24.3 Å². The van der Waals surface area contributed by atoms with E-state index in [4.69, 9.17) is 4.74 Å². The third-order valence-corrected chi connectivity index (χ3v) is 3.43. The van der Waals surface area contributed by atoms with E-state index in [9.17, 15) is 9.59 Å². The van der Waals surface area contributed by atoms with Crippen molar-refractivity contribution in [3.05, 3.63) is 35.4 Å². The summed E-state index contributed by atoms with van der Waals surface area (Å²) in [4.78, 5) is 23.4. The van der Waals surface area contributed by atoms with Gasteiger partial charge in [0.1, 0.15) is 6.04 Å². The van der Waals surface area contributed by atoms with E-state index in [2.05, 4.69) is 15.4 Å². The molecule has 0 spiro atoms. The molecule has 2 N–H and O–H groups in total. The average molecular weight is 292 g/mol. The molecule has 0 bridgehead atoms. The Hall–Kier alpha value is -1.92. The van der Waals surface area contributed by atoms with Crippen LogP contribution >= 0.6 is 0 Å². The molecule has 21 heavy (non-hydrogen) atoms. The Morgan fingerprint density at radius 2 is 2.10 bits per heavy atom. The summed E-state index contributed by atoms with van der Waals surface area (Å²) < 4.78 is 9.92. The van der Waals surface area contributed by atoms with E-state index in [0.717, 1.165) is 5.56 Å². The molecule has 1 aliphatic rings. The molecule has 1 aromatic rings. The number of ether oxygens (including phenoxy) is 2. The van der Waals surface area contributed by atoms with Crippen molar-refractivity contribution in [2.45, 2.75) is 19.0 Å². The normalized spacial score (nSPS) is 19.6. The number of hydrogen-bond donors (Lipinski definition) is 2. The van der Waals surface area contributed by atoms with Crippen LogP contribution in [0.4, 0.5) is 0 Å². The number of methoxy groups -OCH3 is 1. The van der Waals surface area contributed by atoms with E-state index < -0.39 is 0 Å². The van der Waals surface area contributed by atoms with Crippen LogP contribution in [-0.2, 0) is 14.3 Å². The van der Waals surface area contributed by atoms with Gasteiger partial charge in [0.15, 0.2) is 0 Å². The molecule has 1 fully saturated rings. The van der Waals surface area contributed by atoms with Crippen molar-refractivity contribution in [2.24, 2.45) is 0 Å². The van der Waals surface area contributed by atoms with Crippen molar-refractivity contribution < 1.29 is 19.1 Å². The summed E-state index contributed by atoms with van der Waals surface area (Å²) in [5.41, 5.74) is 1.41. The smallest absolute Gasteiger partial charge is 0.337 e. The van der Waals surface area contributed by atoms with Gasteiger partial charge in [-0.25, -0.2) is 4.79 Å². The quantitative estimate of drug-likeness (QED) is 0.796. The Labute approximate surface area is 123 Å². The van der Waals surface area contributed by atoms with E-state index in [0.29, 0.717) is 25.3 Å². The van der Waals surface area contributed by atoms with Gasteiger partial charge in [-0.3, -0.25) is 4.79 Å². The fourth-order valence-corrected chi connectivity index (χ4v) is 2.16. The van der Waals surface area contributed by atoms with E-state index >= 15 is 0 Å². The molecule has 1 heterocycles. The molecule has 1 amide bonds. The Morgan fingerprint density at radius 3 is 2.67 bits per heavy atom. The minimum absolute atomic E-state index is 0.0840. The molecule has 0 aliphatic carbocycles. The Morgan fingerprint density at radius 1 is 1.38 bits per heavy atom. The van der Waals surface area contributed by atoms with Gasteiger partial charge in [-0.05, 0) is 24.6 Å². The molecule has 1 aromatic carbocycles. The number of amides is 1. The van der Waals surface area contributed by atoms with Crippen LogP contribution in [0, 0.1) is 0 Å². The third-order valence-electron chi connectivity index (χ3n) is 3.43. The molecule has 0 aromatic heterocycles. The summed E-state index contributed by atoms with van der Waals surface area (Å²) in [6, 6.07) is 6.53. The number of esters is 1. The van der Waals surface area contributed by atoms with Crippen molar-refractivity contribution >= 4 is 11.9 Å². The third kappa shape index (κ3) is 4.03. The second-order valence-corrected chi connectivity index (χ2v) is 4.93. The highest BCUT2D eigenvalue weighted by Crippen LogP contribution is 2.14. The van der Waals surface area contributed by atoms with Gasteiger partial charge in [0, 0.05) is 6.54 Å². The maximum Gasteiger partial charge on any atom is 0.337 e. The number of nitrogens with one attached hydrogen (secondary N) is 2. The lowest BCUT2D eigenvalue weighted by Crippen LogP contribution is -2.51. The number of benzene rings is 1. The van der Waals surface area contributed by atoms with Crippen molar-refractivity contribution in [3.8, 4) is 0 Å². The number of carbonyl (C=O) groups is 2. The first-order valence-corrected chi connectivity index (χ1v) is 6.91. The number of rotatable bonds is 4. The first-order chi connectivity index (χ1) is 10.1. The topological polar surface area (TPSA) is 76.7 Å². The fourth-order valence-electron chi connectivity index (χ4n) is 2.16. The van der Waals surface area contributed by atoms with Gasteiger partial charge in [-0.2, -0.15) is 0 Å². The second-order valence-electron chi connectivity index (χ2n) is 4.93. The van der Waals surface area contributed by atoms with Crippen LogP contribution in [0.25, 0.3) is 0 Å². The zero-order valence-electron chi connectivity index (χ0n) is 12.2. The maximum atomic E-state index is 12.1. The lowest BCUT2D eigenvalue weighted by molar-refractivity contribution is -0.126. The molecule has 0 saturated carbocycles. The fraction of sp³-hybridized carbons (Fsp3) is 0.467. The summed E-state index contributed by atoms with van der Waals surface area (Å²) in [6.45, 7) is 3.60. The van der Waals surface area contributed by atoms with Crippen LogP contribution in [0.2, 0.25) is 0 Å². The van der Waals surface area contributed by atoms with Gasteiger partial charge in [0.2, 0.25) is 5.91 Å². The van der Waals surface area contributed by atoms with Crippen LogP contribution in [0.5, 0.6) is 0 Å². The number of carbonyl (C=O) groups excluding carboxylic acids is 2. The van der Waals surface area contributed by atoms with Crippen molar-refractivity contribution in [2.75, 3.05) is 26.9 Å². The number of morpholine rings is 1. The molecule has 114 valence electrons.